The molecule has 1 aliphatic rings. The second-order valence-corrected chi connectivity index (χ2v) is 5.92. The Balaban J connectivity index is 1.90. The number of thiazole rings is 1. The number of rotatable bonds is 4. The van der Waals surface area contributed by atoms with Gasteiger partial charge >= 0.3 is 0 Å². The maximum absolute atomic E-state index is 5.77. The summed E-state index contributed by atoms with van der Waals surface area (Å²) in [7, 11) is 0. The van der Waals surface area contributed by atoms with Gasteiger partial charge in [0.2, 0.25) is 0 Å². The highest BCUT2D eigenvalue weighted by molar-refractivity contribution is 7.09. The molecule has 2 N–H and O–H groups in total. The zero-order valence-electron chi connectivity index (χ0n) is 10.1. The van der Waals surface area contributed by atoms with Crippen LogP contribution in [0.1, 0.15) is 62.1 Å². The molecular formula is C13H22N2S. The molecule has 0 radical (unpaired) electrons. The standard InChI is InChI=1S/C13H22N2S/c1-10(14)7-8-12-9-16-13(15-12)11-5-3-2-4-6-11/h9-11H,2-8,14H2,1H3. The molecule has 1 aliphatic carbocycles. The topological polar surface area (TPSA) is 38.9 Å². The van der Waals surface area contributed by atoms with Gasteiger partial charge in [-0.2, -0.15) is 0 Å². The van der Waals surface area contributed by atoms with Crippen LogP contribution in [0.2, 0.25) is 0 Å². The third-order valence-electron chi connectivity index (χ3n) is 3.38. The zero-order valence-corrected chi connectivity index (χ0v) is 10.9. The van der Waals surface area contributed by atoms with Crippen LogP contribution in [-0.2, 0) is 6.42 Å². The first-order valence-electron chi connectivity index (χ1n) is 6.45. The molecular weight excluding hydrogens is 216 g/mol. The van der Waals surface area contributed by atoms with E-state index < -0.39 is 0 Å². The summed E-state index contributed by atoms with van der Waals surface area (Å²) in [6.07, 6.45) is 8.98. The molecule has 3 heteroatoms. The van der Waals surface area contributed by atoms with Crippen molar-refractivity contribution in [1.29, 1.82) is 0 Å². The number of hydrogen-bond acceptors (Lipinski definition) is 3. The molecule has 1 atom stereocenters. The Hall–Kier alpha value is -0.410. The van der Waals surface area contributed by atoms with E-state index in [0.29, 0.717) is 6.04 Å². The minimum absolute atomic E-state index is 0.292. The van der Waals surface area contributed by atoms with Gasteiger partial charge in [-0.25, -0.2) is 4.98 Å². The molecule has 0 saturated heterocycles. The van der Waals surface area contributed by atoms with Crippen LogP contribution < -0.4 is 5.73 Å². The molecule has 0 bridgehead atoms. The summed E-state index contributed by atoms with van der Waals surface area (Å²) in [5.41, 5.74) is 7.02. The Morgan fingerprint density at radius 2 is 2.19 bits per heavy atom. The van der Waals surface area contributed by atoms with Gasteiger partial charge in [0.1, 0.15) is 0 Å². The van der Waals surface area contributed by atoms with Crippen molar-refractivity contribution in [3.63, 3.8) is 0 Å². The third kappa shape index (κ3) is 3.29. The van der Waals surface area contributed by atoms with Crippen molar-refractivity contribution < 1.29 is 0 Å². The van der Waals surface area contributed by atoms with Crippen LogP contribution >= 0.6 is 11.3 Å². The molecule has 0 amide bonds. The lowest BCUT2D eigenvalue weighted by Crippen LogP contribution is -2.15. The number of aromatic nitrogens is 1. The summed E-state index contributed by atoms with van der Waals surface area (Å²) in [6.45, 7) is 2.06. The molecule has 1 unspecified atom stereocenters. The van der Waals surface area contributed by atoms with Gasteiger partial charge < -0.3 is 5.73 Å². The molecule has 1 aromatic rings. The van der Waals surface area contributed by atoms with Gasteiger partial charge in [-0.05, 0) is 32.6 Å². The van der Waals surface area contributed by atoms with Crippen LogP contribution in [0, 0.1) is 0 Å². The number of hydrogen-bond donors (Lipinski definition) is 1. The van der Waals surface area contributed by atoms with Crippen LogP contribution in [0.3, 0.4) is 0 Å². The van der Waals surface area contributed by atoms with Crippen molar-refractivity contribution in [1.82, 2.24) is 4.98 Å². The lowest BCUT2D eigenvalue weighted by Gasteiger charge is -2.18. The predicted octanol–water partition coefficient (Wildman–Crippen LogP) is 3.47. The van der Waals surface area contributed by atoms with E-state index in [-0.39, 0.29) is 0 Å². The number of nitrogens with zero attached hydrogens (tertiary/aromatic N) is 1. The van der Waals surface area contributed by atoms with E-state index in [1.807, 2.05) is 11.3 Å². The second-order valence-electron chi connectivity index (χ2n) is 5.03. The minimum Gasteiger partial charge on any atom is -0.328 e. The van der Waals surface area contributed by atoms with Crippen LogP contribution in [-0.4, -0.2) is 11.0 Å². The van der Waals surface area contributed by atoms with Crippen molar-refractivity contribution in [2.45, 2.75) is 63.8 Å². The average Bonchev–Trinajstić information content (AvgIpc) is 2.76. The molecule has 2 rings (SSSR count). The summed E-state index contributed by atoms with van der Waals surface area (Å²) < 4.78 is 0. The van der Waals surface area contributed by atoms with Crippen LogP contribution in [0.25, 0.3) is 0 Å². The summed E-state index contributed by atoms with van der Waals surface area (Å²) in [5, 5.41) is 3.60. The van der Waals surface area contributed by atoms with Crippen molar-refractivity contribution in [3.8, 4) is 0 Å². The van der Waals surface area contributed by atoms with Crippen LogP contribution in [0.5, 0.6) is 0 Å². The first-order chi connectivity index (χ1) is 7.75. The van der Waals surface area contributed by atoms with Crippen molar-refractivity contribution >= 4 is 11.3 Å². The highest BCUT2D eigenvalue weighted by atomic mass is 32.1. The van der Waals surface area contributed by atoms with Gasteiger partial charge in [0, 0.05) is 17.3 Å². The molecule has 16 heavy (non-hydrogen) atoms. The van der Waals surface area contributed by atoms with Crippen molar-refractivity contribution in [2.24, 2.45) is 5.73 Å². The van der Waals surface area contributed by atoms with Gasteiger partial charge in [-0.15, -0.1) is 11.3 Å². The normalized spacial score (nSPS) is 19.9. The van der Waals surface area contributed by atoms with E-state index in [9.17, 15) is 0 Å². The van der Waals surface area contributed by atoms with Gasteiger partial charge in [0.25, 0.3) is 0 Å². The van der Waals surface area contributed by atoms with Crippen LogP contribution in [0.15, 0.2) is 5.38 Å². The van der Waals surface area contributed by atoms with E-state index in [4.69, 9.17) is 10.7 Å². The number of aryl methyl sites for hydroxylation is 1. The van der Waals surface area contributed by atoms with E-state index in [1.165, 1.54) is 42.8 Å². The zero-order chi connectivity index (χ0) is 11.4. The number of nitrogens with two attached hydrogens (primary N) is 1. The molecule has 0 spiro atoms. The van der Waals surface area contributed by atoms with Crippen molar-refractivity contribution in [2.75, 3.05) is 0 Å². The van der Waals surface area contributed by atoms with E-state index in [0.717, 1.165) is 18.8 Å². The van der Waals surface area contributed by atoms with Gasteiger partial charge in [0.15, 0.2) is 0 Å². The third-order valence-corrected chi connectivity index (χ3v) is 4.44. The summed E-state index contributed by atoms with van der Waals surface area (Å²) >= 11 is 1.86. The molecule has 1 heterocycles. The average molecular weight is 238 g/mol. The highest BCUT2D eigenvalue weighted by Gasteiger charge is 2.18. The largest absolute Gasteiger partial charge is 0.328 e. The highest BCUT2D eigenvalue weighted by Crippen LogP contribution is 2.34. The fourth-order valence-electron chi connectivity index (χ4n) is 2.35. The van der Waals surface area contributed by atoms with E-state index >= 15 is 0 Å². The summed E-state index contributed by atoms with van der Waals surface area (Å²) in [6, 6.07) is 0.292. The first-order valence-corrected chi connectivity index (χ1v) is 7.33. The Bertz CT molecular complexity index is 313. The van der Waals surface area contributed by atoms with Crippen molar-refractivity contribution in [3.05, 3.63) is 16.1 Å². The SMILES string of the molecule is CC(N)CCc1csc(C2CCCCC2)n1. The van der Waals surface area contributed by atoms with Crippen LogP contribution in [0.4, 0.5) is 0 Å². The lowest BCUT2D eigenvalue weighted by atomic mass is 9.90. The lowest BCUT2D eigenvalue weighted by molar-refractivity contribution is 0.442. The second kappa shape index (κ2) is 5.78. The van der Waals surface area contributed by atoms with Gasteiger partial charge in [-0.1, -0.05) is 19.3 Å². The van der Waals surface area contributed by atoms with Gasteiger partial charge in [-0.3, -0.25) is 0 Å². The van der Waals surface area contributed by atoms with E-state index in [1.54, 1.807) is 0 Å². The molecule has 0 aliphatic heterocycles. The molecule has 1 fully saturated rings. The maximum atomic E-state index is 5.77. The fraction of sp³-hybridized carbons (Fsp3) is 0.769. The minimum atomic E-state index is 0.292. The molecule has 1 saturated carbocycles. The quantitative estimate of drug-likeness (QED) is 0.872. The predicted molar refractivity (Wildman–Crippen MR) is 69.9 cm³/mol. The molecule has 1 aromatic heterocycles. The summed E-state index contributed by atoms with van der Waals surface area (Å²) in [4.78, 5) is 4.77. The first kappa shape index (κ1) is 12.1. The molecule has 90 valence electrons. The molecule has 2 nitrogen and oxygen atoms in total. The van der Waals surface area contributed by atoms with E-state index in [2.05, 4.69) is 12.3 Å². The Labute approximate surface area is 102 Å². The smallest absolute Gasteiger partial charge is 0.0959 e. The Morgan fingerprint density at radius 3 is 2.88 bits per heavy atom. The molecule has 0 aromatic carbocycles. The van der Waals surface area contributed by atoms with Gasteiger partial charge in [0.05, 0.1) is 10.7 Å². The monoisotopic (exact) mass is 238 g/mol. The Morgan fingerprint density at radius 1 is 1.44 bits per heavy atom. The fourth-order valence-corrected chi connectivity index (χ4v) is 3.38. The summed E-state index contributed by atoms with van der Waals surface area (Å²) in [5.74, 6) is 0.753. The Kier molecular flexibility index (Phi) is 4.36. The maximum Gasteiger partial charge on any atom is 0.0959 e.